The Morgan fingerprint density at radius 2 is 2.11 bits per heavy atom. The Morgan fingerprint density at radius 3 is 2.72 bits per heavy atom. The van der Waals surface area contributed by atoms with E-state index >= 15 is 0 Å². The predicted octanol–water partition coefficient (Wildman–Crippen LogP) is 1.97. The van der Waals surface area contributed by atoms with Crippen LogP contribution in [0.3, 0.4) is 0 Å². The Balaban J connectivity index is 2.06. The van der Waals surface area contributed by atoms with Crippen LogP contribution >= 0.6 is 0 Å². The second kappa shape index (κ2) is 5.62. The molecule has 2 rings (SSSR count). The highest BCUT2D eigenvalue weighted by Gasteiger charge is 2.20. The van der Waals surface area contributed by atoms with Crippen molar-refractivity contribution < 1.29 is 14.7 Å². The molecule has 0 aliphatic heterocycles. The first-order valence-corrected chi connectivity index (χ1v) is 6.02. The molecule has 1 aliphatic rings. The fourth-order valence-corrected chi connectivity index (χ4v) is 1.73. The summed E-state index contributed by atoms with van der Waals surface area (Å²) < 4.78 is 10.8. The molecule has 98 valence electrons. The van der Waals surface area contributed by atoms with Crippen molar-refractivity contribution in [1.82, 2.24) is 0 Å². The molecule has 0 bridgehead atoms. The van der Waals surface area contributed by atoms with Crippen LogP contribution in [-0.4, -0.2) is 24.8 Å². The van der Waals surface area contributed by atoms with Gasteiger partial charge < -0.3 is 20.4 Å². The molecule has 0 saturated heterocycles. The molecule has 5 nitrogen and oxygen atoms in total. The van der Waals surface area contributed by atoms with Gasteiger partial charge in [-0.15, -0.1) is 0 Å². The van der Waals surface area contributed by atoms with Gasteiger partial charge in [0.05, 0.1) is 13.7 Å². The minimum absolute atomic E-state index is 0.0425. The minimum Gasteiger partial charge on any atom is -0.497 e. The third kappa shape index (κ3) is 3.29. The molecule has 0 heterocycles. The summed E-state index contributed by atoms with van der Waals surface area (Å²) in [6, 6.07) is 5.23. The zero-order valence-corrected chi connectivity index (χ0v) is 10.4. The molecule has 1 saturated carbocycles. The molecule has 0 amide bonds. The van der Waals surface area contributed by atoms with E-state index in [0.29, 0.717) is 23.7 Å². The van der Waals surface area contributed by atoms with Crippen molar-refractivity contribution in [1.29, 1.82) is 0 Å². The molecule has 3 N–H and O–H groups in total. The van der Waals surface area contributed by atoms with E-state index in [9.17, 15) is 0 Å². The molecule has 1 aliphatic carbocycles. The fraction of sp³-hybridized carbons (Fsp3) is 0.462. The molecule has 0 radical (unpaired) electrons. The Labute approximate surface area is 106 Å². The van der Waals surface area contributed by atoms with Crippen molar-refractivity contribution in [2.75, 3.05) is 13.7 Å². The molecule has 1 fully saturated rings. The first-order valence-electron chi connectivity index (χ1n) is 6.02. The Morgan fingerprint density at radius 1 is 1.39 bits per heavy atom. The van der Waals surface area contributed by atoms with Gasteiger partial charge in [-0.25, -0.2) is 0 Å². The van der Waals surface area contributed by atoms with E-state index in [1.165, 1.54) is 12.8 Å². The second-order valence-electron chi connectivity index (χ2n) is 4.46. The molecule has 0 aromatic heterocycles. The van der Waals surface area contributed by atoms with E-state index in [1.807, 2.05) is 0 Å². The van der Waals surface area contributed by atoms with Gasteiger partial charge in [0.15, 0.2) is 5.84 Å². The van der Waals surface area contributed by atoms with Gasteiger partial charge in [-0.3, -0.25) is 0 Å². The Bertz CT molecular complexity index is 442. The summed E-state index contributed by atoms with van der Waals surface area (Å²) in [6.45, 7) is 0.688. The lowest BCUT2D eigenvalue weighted by molar-refractivity contribution is 0.300. The summed E-state index contributed by atoms with van der Waals surface area (Å²) in [5, 5.41) is 11.7. The maximum Gasteiger partial charge on any atom is 0.170 e. The number of hydrogen-bond donors (Lipinski definition) is 2. The molecule has 0 unspecified atom stereocenters. The third-order valence-corrected chi connectivity index (χ3v) is 3.01. The van der Waals surface area contributed by atoms with E-state index in [1.54, 1.807) is 25.3 Å². The van der Waals surface area contributed by atoms with Gasteiger partial charge in [0.25, 0.3) is 0 Å². The number of oxime groups is 1. The van der Waals surface area contributed by atoms with E-state index in [2.05, 4.69) is 5.16 Å². The summed E-state index contributed by atoms with van der Waals surface area (Å²) >= 11 is 0. The van der Waals surface area contributed by atoms with Gasteiger partial charge in [-0.1, -0.05) is 18.0 Å². The lowest BCUT2D eigenvalue weighted by Crippen LogP contribution is -2.13. The zero-order valence-electron chi connectivity index (χ0n) is 10.4. The van der Waals surface area contributed by atoms with Crippen LogP contribution in [0.15, 0.2) is 23.4 Å². The van der Waals surface area contributed by atoms with Crippen LogP contribution in [0.4, 0.5) is 0 Å². The number of hydrogen-bond acceptors (Lipinski definition) is 4. The van der Waals surface area contributed by atoms with Crippen LogP contribution < -0.4 is 15.2 Å². The normalized spacial score (nSPS) is 15.5. The Kier molecular flexibility index (Phi) is 3.92. The number of nitrogens with two attached hydrogens (primary N) is 1. The van der Waals surface area contributed by atoms with E-state index < -0.39 is 0 Å². The second-order valence-corrected chi connectivity index (χ2v) is 4.46. The van der Waals surface area contributed by atoms with Crippen molar-refractivity contribution in [2.45, 2.75) is 19.3 Å². The monoisotopic (exact) mass is 250 g/mol. The van der Waals surface area contributed by atoms with Gasteiger partial charge in [-0.2, -0.15) is 0 Å². The summed E-state index contributed by atoms with van der Waals surface area (Å²) in [6.07, 6.45) is 3.71. The third-order valence-electron chi connectivity index (χ3n) is 3.01. The SMILES string of the molecule is COc1cc(OCCC2CC2)cc(/C(N)=N/O)c1. The first-order chi connectivity index (χ1) is 8.72. The van der Waals surface area contributed by atoms with Gasteiger partial charge in [0.1, 0.15) is 11.5 Å². The van der Waals surface area contributed by atoms with Crippen molar-refractivity contribution >= 4 is 5.84 Å². The number of benzene rings is 1. The predicted molar refractivity (Wildman–Crippen MR) is 68.3 cm³/mol. The zero-order chi connectivity index (χ0) is 13.0. The number of ether oxygens (including phenoxy) is 2. The smallest absolute Gasteiger partial charge is 0.170 e. The average Bonchev–Trinajstić information content (AvgIpc) is 3.21. The molecule has 18 heavy (non-hydrogen) atoms. The molecular formula is C13H18N2O3. The number of methoxy groups -OCH3 is 1. The molecule has 0 atom stereocenters. The topological polar surface area (TPSA) is 77.1 Å². The number of amidine groups is 1. The lowest BCUT2D eigenvalue weighted by Gasteiger charge is -2.10. The van der Waals surface area contributed by atoms with Crippen molar-refractivity contribution in [3.8, 4) is 11.5 Å². The molecule has 1 aromatic carbocycles. The minimum atomic E-state index is 0.0425. The summed E-state index contributed by atoms with van der Waals surface area (Å²) in [4.78, 5) is 0. The quantitative estimate of drug-likeness (QED) is 0.350. The van der Waals surface area contributed by atoms with Gasteiger partial charge in [0.2, 0.25) is 0 Å². The first kappa shape index (κ1) is 12.5. The highest BCUT2D eigenvalue weighted by Crippen LogP contribution is 2.32. The van der Waals surface area contributed by atoms with Crippen LogP contribution in [0.5, 0.6) is 11.5 Å². The van der Waals surface area contributed by atoms with Crippen molar-refractivity contribution in [2.24, 2.45) is 16.8 Å². The van der Waals surface area contributed by atoms with Crippen LogP contribution in [0.2, 0.25) is 0 Å². The maximum atomic E-state index is 8.68. The highest BCUT2D eigenvalue weighted by molar-refractivity contribution is 5.97. The van der Waals surface area contributed by atoms with E-state index in [-0.39, 0.29) is 5.84 Å². The average molecular weight is 250 g/mol. The van der Waals surface area contributed by atoms with Crippen LogP contribution in [0, 0.1) is 5.92 Å². The molecule has 0 spiro atoms. The van der Waals surface area contributed by atoms with Gasteiger partial charge in [-0.05, 0) is 24.5 Å². The molecule has 5 heteroatoms. The summed E-state index contributed by atoms with van der Waals surface area (Å²) in [5.74, 6) is 2.18. The largest absolute Gasteiger partial charge is 0.497 e. The fourth-order valence-electron chi connectivity index (χ4n) is 1.73. The summed E-state index contributed by atoms with van der Waals surface area (Å²) in [5.41, 5.74) is 6.14. The van der Waals surface area contributed by atoms with Crippen LogP contribution in [0.25, 0.3) is 0 Å². The van der Waals surface area contributed by atoms with Crippen molar-refractivity contribution in [3.63, 3.8) is 0 Å². The number of rotatable bonds is 6. The van der Waals surface area contributed by atoms with E-state index in [0.717, 1.165) is 12.3 Å². The van der Waals surface area contributed by atoms with E-state index in [4.69, 9.17) is 20.4 Å². The maximum absolute atomic E-state index is 8.68. The summed E-state index contributed by atoms with van der Waals surface area (Å²) in [7, 11) is 1.57. The standard InChI is InChI=1S/C13H18N2O3/c1-17-11-6-10(13(14)15-16)7-12(8-11)18-5-4-9-2-3-9/h6-9,16H,2-5H2,1H3,(H2,14,15). The van der Waals surface area contributed by atoms with Gasteiger partial charge >= 0.3 is 0 Å². The lowest BCUT2D eigenvalue weighted by atomic mass is 10.2. The molecular weight excluding hydrogens is 232 g/mol. The number of nitrogens with zero attached hydrogens (tertiary/aromatic N) is 1. The van der Waals surface area contributed by atoms with Crippen LogP contribution in [-0.2, 0) is 0 Å². The molecule has 1 aromatic rings. The van der Waals surface area contributed by atoms with Gasteiger partial charge in [0, 0.05) is 11.6 Å². The Hall–Kier alpha value is -1.91. The van der Waals surface area contributed by atoms with Crippen molar-refractivity contribution in [3.05, 3.63) is 23.8 Å². The van der Waals surface area contributed by atoms with Crippen LogP contribution in [0.1, 0.15) is 24.8 Å². The highest BCUT2D eigenvalue weighted by atomic mass is 16.5.